The van der Waals surface area contributed by atoms with Crippen molar-refractivity contribution in [2.24, 2.45) is 0 Å². The van der Waals surface area contributed by atoms with Crippen molar-refractivity contribution >= 4 is 23.4 Å². The fraction of sp³-hybridized carbons (Fsp3) is 0.444. The van der Waals surface area contributed by atoms with E-state index in [1.165, 1.54) is 6.07 Å². The number of benzene rings is 2. The minimum Gasteiger partial charge on any atom is -0.490 e. The molecular weight excluding hydrogens is 465 g/mol. The monoisotopic (exact) mass is 497 g/mol. The molecule has 0 saturated carbocycles. The lowest BCUT2D eigenvalue weighted by Gasteiger charge is -2.42. The van der Waals surface area contributed by atoms with E-state index in [4.69, 9.17) is 9.47 Å². The van der Waals surface area contributed by atoms with E-state index in [1.807, 2.05) is 6.92 Å². The number of halogens is 1. The maximum atomic E-state index is 13.8. The predicted molar refractivity (Wildman–Crippen MR) is 132 cm³/mol. The van der Waals surface area contributed by atoms with Gasteiger partial charge in [0.25, 0.3) is 5.91 Å². The van der Waals surface area contributed by atoms with Gasteiger partial charge in [0.2, 0.25) is 11.8 Å². The number of ether oxygens (including phenoxy) is 2. The molecule has 0 radical (unpaired) electrons. The molecular formula is C27H32FN3O5. The SMILES string of the molecule is CCCC(=O)Nc1ccc2c(c1)C(=O)N(C)[C@@H]1CC[C@H](CC(=O)NCc3ccccc3F)O[C@@H]1CO2. The summed E-state index contributed by atoms with van der Waals surface area (Å²) in [6.07, 6.45) is 1.83. The highest BCUT2D eigenvalue weighted by molar-refractivity contribution is 5.99. The Bertz CT molecular complexity index is 1120. The summed E-state index contributed by atoms with van der Waals surface area (Å²) in [5.74, 6) is -0.469. The van der Waals surface area contributed by atoms with Gasteiger partial charge in [-0.2, -0.15) is 0 Å². The molecule has 8 nitrogen and oxygen atoms in total. The molecule has 1 fully saturated rings. The molecule has 2 aromatic carbocycles. The van der Waals surface area contributed by atoms with Crippen LogP contribution in [0, 0.1) is 5.82 Å². The van der Waals surface area contributed by atoms with Crippen LogP contribution in [0.4, 0.5) is 10.1 Å². The van der Waals surface area contributed by atoms with Gasteiger partial charge in [0.1, 0.15) is 24.3 Å². The van der Waals surface area contributed by atoms with Crippen molar-refractivity contribution in [2.75, 3.05) is 19.0 Å². The Morgan fingerprint density at radius 3 is 2.72 bits per heavy atom. The minimum absolute atomic E-state index is 0.102. The smallest absolute Gasteiger partial charge is 0.257 e. The fourth-order valence-electron chi connectivity index (χ4n) is 4.67. The van der Waals surface area contributed by atoms with Gasteiger partial charge in [0, 0.05) is 31.3 Å². The number of nitrogens with one attached hydrogen (secondary N) is 2. The van der Waals surface area contributed by atoms with Crippen molar-refractivity contribution in [3.05, 3.63) is 59.4 Å². The minimum atomic E-state index is -0.394. The summed E-state index contributed by atoms with van der Waals surface area (Å²) in [5.41, 5.74) is 1.37. The Kier molecular flexibility index (Phi) is 8.20. The highest BCUT2D eigenvalue weighted by Gasteiger charge is 2.39. The quantitative estimate of drug-likeness (QED) is 0.609. The van der Waals surface area contributed by atoms with Crippen molar-refractivity contribution < 1.29 is 28.2 Å². The molecule has 0 bridgehead atoms. The molecule has 2 aliphatic heterocycles. The Labute approximate surface area is 210 Å². The third kappa shape index (κ3) is 6.02. The maximum Gasteiger partial charge on any atom is 0.257 e. The van der Waals surface area contributed by atoms with Crippen molar-refractivity contribution in [1.29, 1.82) is 0 Å². The Balaban J connectivity index is 1.38. The summed E-state index contributed by atoms with van der Waals surface area (Å²) >= 11 is 0. The number of amides is 3. The summed E-state index contributed by atoms with van der Waals surface area (Å²) in [4.78, 5) is 39.4. The molecule has 0 unspecified atom stereocenters. The van der Waals surface area contributed by atoms with Crippen molar-refractivity contribution in [2.45, 2.75) is 63.8 Å². The summed E-state index contributed by atoms with van der Waals surface area (Å²) in [6.45, 7) is 2.27. The van der Waals surface area contributed by atoms with Gasteiger partial charge in [-0.05, 0) is 43.5 Å². The van der Waals surface area contributed by atoms with E-state index < -0.39 is 6.10 Å². The Morgan fingerprint density at radius 1 is 1.14 bits per heavy atom. The number of carbonyl (C=O) groups is 3. The van der Waals surface area contributed by atoms with Crippen LogP contribution in [-0.2, 0) is 20.9 Å². The first-order valence-electron chi connectivity index (χ1n) is 12.3. The summed E-state index contributed by atoms with van der Waals surface area (Å²) < 4.78 is 26.0. The predicted octanol–water partition coefficient (Wildman–Crippen LogP) is 3.65. The molecule has 0 aromatic heterocycles. The second-order valence-corrected chi connectivity index (χ2v) is 9.25. The highest BCUT2D eigenvalue weighted by Crippen LogP contribution is 2.32. The van der Waals surface area contributed by atoms with Crippen molar-refractivity contribution in [3.63, 3.8) is 0 Å². The maximum absolute atomic E-state index is 13.8. The van der Waals surface area contributed by atoms with Gasteiger partial charge in [-0.15, -0.1) is 0 Å². The van der Waals surface area contributed by atoms with E-state index in [1.54, 1.807) is 48.3 Å². The second kappa shape index (κ2) is 11.5. The first-order valence-corrected chi connectivity index (χ1v) is 12.3. The largest absolute Gasteiger partial charge is 0.490 e. The van der Waals surface area contributed by atoms with Gasteiger partial charge in [-0.1, -0.05) is 25.1 Å². The number of nitrogens with zero attached hydrogens (tertiary/aromatic N) is 1. The third-order valence-electron chi connectivity index (χ3n) is 6.62. The van der Waals surface area contributed by atoms with Gasteiger partial charge >= 0.3 is 0 Å². The van der Waals surface area contributed by atoms with Crippen LogP contribution in [0.5, 0.6) is 5.75 Å². The second-order valence-electron chi connectivity index (χ2n) is 9.25. The fourth-order valence-corrected chi connectivity index (χ4v) is 4.67. The number of carbonyl (C=O) groups excluding carboxylic acids is 3. The highest BCUT2D eigenvalue weighted by atomic mass is 19.1. The molecule has 3 amide bonds. The summed E-state index contributed by atoms with van der Waals surface area (Å²) in [5, 5.41) is 5.57. The van der Waals surface area contributed by atoms with E-state index in [0.717, 1.165) is 6.42 Å². The molecule has 1 saturated heterocycles. The van der Waals surface area contributed by atoms with Crippen LogP contribution in [0.3, 0.4) is 0 Å². The van der Waals surface area contributed by atoms with Crippen LogP contribution in [0.25, 0.3) is 0 Å². The number of likely N-dealkylation sites (N-methyl/N-ethyl adjacent to an activating group) is 1. The molecule has 192 valence electrons. The standard InChI is InChI=1S/C27H32FN3O5/c1-3-6-25(32)30-18-9-12-23-20(13-18)27(34)31(2)22-11-10-19(36-24(22)16-35-23)14-26(33)29-15-17-7-4-5-8-21(17)28/h4-5,7-9,12-13,19,22,24H,3,6,10-11,14-16H2,1-2H3,(H,29,33)(H,30,32)/t19-,22-,24-/m1/s1. The summed E-state index contributed by atoms with van der Waals surface area (Å²) in [6, 6.07) is 11.2. The lowest BCUT2D eigenvalue weighted by molar-refractivity contribution is -0.134. The zero-order chi connectivity index (χ0) is 25.7. The molecule has 2 heterocycles. The van der Waals surface area contributed by atoms with Crippen molar-refractivity contribution in [3.8, 4) is 5.75 Å². The summed E-state index contributed by atoms with van der Waals surface area (Å²) in [7, 11) is 1.74. The van der Waals surface area contributed by atoms with Gasteiger partial charge in [-0.3, -0.25) is 14.4 Å². The molecule has 36 heavy (non-hydrogen) atoms. The zero-order valence-corrected chi connectivity index (χ0v) is 20.6. The topological polar surface area (TPSA) is 97.0 Å². The number of hydrogen-bond donors (Lipinski definition) is 2. The van der Waals surface area contributed by atoms with Crippen LogP contribution in [0.2, 0.25) is 0 Å². The molecule has 3 atom stereocenters. The number of anilines is 1. The molecule has 4 rings (SSSR count). The first-order chi connectivity index (χ1) is 17.4. The Morgan fingerprint density at radius 2 is 1.94 bits per heavy atom. The van der Waals surface area contributed by atoms with Crippen LogP contribution in [-0.4, -0.2) is 54.5 Å². The molecule has 9 heteroatoms. The van der Waals surface area contributed by atoms with E-state index >= 15 is 0 Å². The molecule has 2 N–H and O–H groups in total. The molecule has 2 aromatic rings. The zero-order valence-electron chi connectivity index (χ0n) is 20.6. The lowest BCUT2D eigenvalue weighted by atomic mass is 9.94. The molecule has 2 aliphatic rings. The molecule has 0 spiro atoms. The van der Waals surface area contributed by atoms with E-state index in [2.05, 4.69) is 10.6 Å². The van der Waals surface area contributed by atoms with Crippen LogP contribution in [0.1, 0.15) is 54.9 Å². The Hall–Kier alpha value is -3.46. The average Bonchev–Trinajstić information content (AvgIpc) is 2.86. The lowest BCUT2D eigenvalue weighted by Crippen LogP contribution is -2.53. The first kappa shape index (κ1) is 25.6. The van der Waals surface area contributed by atoms with Crippen LogP contribution < -0.4 is 15.4 Å². The molecule has 0 aliphatic carbocycles. The number of fused-ring (bicyclic) bond motifs is 2. The van der Waals surface area contributed by atoms with Crippen LogP contribution in [0.15, 0.2) is 42.5 Å². The van der Waals surface area contributed by atoms with Gasteiger partial charge in [0.15, 0.2) is 0 Å². The number of rotatable bonds is 7. The van der Waals surface area contributed by atoms with E-state index in [-0.39, 0.29) is 55.3 Å². The normalized spacial score (nSPS) is 21.4. The van der Waals surface area contributed by atoms with Gasteiger partial charge < -0.3 is 25.0 Å². The average molecular weight is 498 g/mol. The van der Waals surface area contributed by atoms with Gasteiger partial charge in [-0.25, -0.2) is 4.39 Å². The number of hydrogen-bond acceptors (Lipinski definition) is 5. The van der Waals surface area contributed by atoms with E-state index in [9.17, 15) is 18.8 Å². The van der Waals surface area contributed by atoms with E-state index in [0.29, 0.717) is 41.8 Å². The van der Waals surface area contributed by atoms with Gasteiger partial charge in [0.05, 0.1) is 24.1 Å². The van der Waals surface area contributed by atoms with Crippen molar-refractivity contribution in [1.82, 2.24) is 10.2 Å². The van der Waals surface area contributed by atoms with Crippen LogP contribution >= 0.6 is 0 Å². The third-order valence-corrected chi connectivity index (χ3v) is 6.62.